The van der Waals surface area contributed by atoms with Crippen LogP contribution in [0.2, 0.25) is 0 Å². The molecule has 1 fully saturated rings. The largest absolute Gasteiger partial charge is 0.481 e. The number of rotatable bonds is 4. The smallest absolute Gasteiger partial charge is 0.306 e. The summed E-state index contributed by atoms with van der Waals surface area (Å²) in [5, 5.41) is 11.6. The number of nitrogens with one attached hydrogen (secondary N) is 1. The van der Waals surface area contributed by atoms with Crippen LogP contribution in [0.4, 0.5) is 0 Å². The monoisotopic (exact) mass is 199 g/mol. The van der Waals surface area contributed by atoms with Gasteiger partial charge in [0.15, 0.2) is 0 Å². The van der Waals surface area contributed by atoms with Crippen LogP contribution in [-0.4, -0.2) is 23.5 Å². The van der Waals surface area contributed by atoms with Crippen LogP contribution in [0.15, 0.2) is 0 Å². The summed E-state index contributed by atoms with van der Waals surface area (Å²) in [5.41, 5.74) is 0. The molecule has 0 spiro atoms. The minimum atomic E-state index is -0.768. The van der Waals surface area contributed by atoms with Gasteiger partial charge in [-0.05, 0) is 25.7 Å². The van der Waals surface area contributed by atoms with Gasteiger partial charge in [0, 0.05) is 12.5 Å². The van der Waals surface area contributed by atoms with Crippen molar-refractivity contribution in [2.75, 3.05) is 6.54 Å². The van der Waals surface area contributed by atoms with E-state index in [1.54, 1.807) is 0 Å². The molecule has 0 saturated heterocycles. The van der Waals surface area contributed by atoms with Crippen molar-refractivity contribution >= 4 is 11.9 Å². The van der Waals surface area contributed by atoms with E-state index >= 15 is 0 Å². The molecular weight excluding hydrogens is 182 g/mol. The van der Waals surface area contributed by atoms with Gasteiger partial charge in [0.25, 0.3) is 0 Å². The van der Waals surface area contributed by atoms with Crippen molar-refractivity contribution in [3.63, 3.8) is 0 Å². The molecule has 0 aromatic heterocycles. The summed E-state index contributed by atoms with van der Waals surface area (Å²) in [4.78, 5) is 22.1. The highest BCUT2D eigenvalue weighted by Gasteiger charge is 2.33. The lowest BCUT2D eigenvalue weighted by Crippen LogP contribution is -2.30. The van der Waals surface area contributed by atoms with Crippen LogP contribution in [0.3, 0.4) is 0 Å². The minimum Gasteiger partial charge on any atom is -0.481 e. The maximum absolute atomic E-state index is 11.5. The molecule has 2 N–H and O–H groups in total. The Morgan fingerprint density at radius 3 is 2.50 bits per heavy atom. The molecule has 1 aliphatic rings. The number of hydrogen-bond donors (Lipinski definition) is 2. The van der Waals surface area contributed by atoms with Gasteiger partial charge in [-0.3, -0.25) is 9.59 Å². The predicted molar refractivity (Wildman–Crippen MR) is 51.8 cm³/mol. The molecule has 0 radical (unpaired) electrons. The lowest BCUT2D eigenvalue weighted by molar-refractivity contribution is -0.141. The Kier molecular flexibility index (Phi) is 3.92. The van der Waals surface area contributed by atoms with E-state index in [9.17, 15) is 9.59 Å². The average Bonchev–Trinajstić information content (AvgIpc) is 2.62. The Hall–Kier alpha value is -1.06. The van der Waals surface area contributed by atoms with Crippen LogP contribution >= 0.6 is 0 Å². The summed E-state index contributed by atoms with van der Waals surface area (Å²) < 4.78 is 0. The Balaban J connectivity index is 2.34. The summed E-state index contributed by atoms with van der Waals surface area (Å²) >= 11 is 0. The summed E-state index contributed by atoms with van der Waals surface area (Å²) in [6, 6.07) is 0. The second-order valence-electron chi connectivity index (χ2n) is 3.84. The Morgan fingerprint density at radius 2 is 2.00 bits per heavy atom. The summed E-state index contributed by atoms with van der Waals surface area (Å²) in [7, 11) is 0. The van der Waals surface area contributed by atoms with Crippen molar-refractivity contribution in [3.8, 4) is 0 Å². The van der Waals surface area contributed by atoms with E-state index in [1.807, 2.05) is 6.92 Å². The van der Waals surface area contributed by atoms with Gasteiger partial charge in [0.05, 0.1) is 5.92 Å². The molecular formula is C10H17NO3. The predicted octanol–water partition coefficient (Wildman–Crippen LogP) is 1.01. The Morgan fingerprint density at radius 1 is 1.36 bits per heavy atom. The van der Waals surface area contributed by atoms with Crippen molar-refractivity contribution in [2.24, 2.45) is 11.8 Å². The van der Waals surface area contributed by atoms with E-state index in [0.717, 1.165) is 6.42 Å². The number of aliphatic carboxylic acids is 1. The minimum absolute atomic E-state index is 0.0237. The van der Waals surface area contributed by atoms with Gasteiger partial charge < -0.3 is 10.4 Å². The molecule has 80 valence electrons. The molecule has 1 rings (SSSR count). The molecule has 0 bridgehead atoms. The molecule has 0 aromatic carbocycles. The van der Waals surface area contributed by atoms with Crippen LogP contribution < -0.4 is 5.32 Å². The zero-order valence-corrected chi connectivity index (χ0v) is 8.45. The normalized spacial score (nSPS) is 26.1. The number of amides is 1. The number of carbonyl (C=O) groups excluding carboxylic acids is 1. The number of carbonyl (C=O) groups is 2. The maximum Gasteiger partial charge on any atom is 0.306 e. The standard InChI is InChI=1S/C10H17NO3/c1-2-5-11-9(12)7-3-4-8(6-7)10(13)14/h7-8H,2-6H2,1H3,(H,11,12)(H,13,14)/t7-,8+/m1/s1. The van der Waals surface area contributed by atoms with Gasteiger partial charge in [-0.15, -0.1) is 0 Å². The fraction of sp³-hybridized carbons (Fsp3) is 0.800. The highest BCUT2D eigenvalue weighted by atomic mass is 16.4. The molecule has 0 aromatic rings. The lowest BCUT2D eigenvalue weighted by atomic mass is 10.0. The van der Waals surface area contributed by atoms with Gasteiger partial charge in [0.2, 0.25) is 5.91 Å². The van der Waals surface area contributed by atoms with Crippen LogP contribution in [0, 0.1) is 11.8 Å². The Bertz CT molecular complexity index is 227. The van der Waals surface area contributed by atoms with E-state index in [2.05, 4.69) is 5.32 Å². The van der Waals surface area contributed by atoms with Crippen LogP contribution in [0.25, 0.3) is 0 Å². The van der Waals surface area contributed by atoms with Crippen molar-refractivity contribution in [2.45, 2.75) is 32.6 Å². The average molecular weight is 199 g/mol. The first-order chi connectivity index (χ1) is 6.65. The van der Waals surface area contributed by atoms with E-state index in [-0.39, 0.29) is 17.7 Å². The molecule has 0 heterocycles. The van der Waals surface area contributed by atoms with Crippen molar-refractivity contribution < 1.29 is 14.7 Å². The third-order valence-electron chi connectivity index (χ3n) is 2.70. The molecule has 4 nitrogen and oxygen atoms in total. The van der Waals surface area contributed by atoms with Crippen molar-refractivity contribution in [3.05, 3.63) is 0 Å². The number of hydrogen-bond acceptors (Lipinski definition) is 2. The SMILES string of the molecule is CCCNC(=O)[C@@H]1CC[C@H](C(=O)O)C1. The van der Waals surface area contributed by atoms with Gasteiger partial charge in [-0.1, -0.05) is 6.92 Å². The van der Waals surface area contributed by atoms with E-state index in [1.165, 1.54) is 0 Å². The fourth-order valence-corrected chi connectivity index (χ4v) is 1.84. The van der Waals surface area contributed by atoms with Crippen molar-refractivity contribution in [1.29, 1.82) is 0 Å². The number of carboxylic acids is 1. The molecule has 14 heavy (non-hydrogen) atoms. The topological polar surface area (TPSA) is 66.4 Å². The molecule has 1 saturated carbocycles. The highest BCUT2D eigenvalue weighted by molar-refractivity contribution is 5.80. The first kappa shape index (κ1) is 11.0. The molecule has 4 heteroatoms. The van der Waals surface area contributed by atoms with Gasteiger partial charge >= 0.3 is 5.97 Å². The molecule has 2 atom stereocenters. The zero-order valence-electron chi connectivity index (χ0n) is 8.45. The van der Waals surface area contributed by atoms with Crippen molar-refractivity contribution in [1.82, 2.24) is 5.32 Å². The first-order valence-corrected chi connectivity index (χ1v) is 5.15. The second kappa shape index (κ2) is 4.98. The highest BCUT2D eigenvalue weighted by Crippen LogP contribution is 2.30. The number of carboxylic acid groups (broad SMARTS) is 1. The summed E-state index contributed by atoms with van der Waals surface area (Å²) in [6.45, 7) is 2.68. The third-order valence-corrected chi connectivity index (χ3v) is 2.70. The lowest BCUT2D eigenvalue weighted by Gasteiger charge is -2.09. The first-order valence-electron chi connectivity index (χ1n) is 5.15. The molecule has 0 unspecified atom stereocenters. The van der Waals surface area contributed by atoms with Gasteiger partial charge in [-0.2, -0.15) is 0 Å². The van der Waals surface area contributed by atoms with E-state index < -0.39 is 5.97 Å². The van der Waals surface area contributed by atoms with Gasteiger partial charge in [0.1, 0.15) is 0 Å². The quantitative estimate of drug-likeness (QED) is 0.710. The van der Waals surface area contributed by atoms with Crippen LogP contribution in [-0.2, 0) is 9.59 Å². The fourth-order valence-electron chi connectivity index (χ4n) is 1.84. The van der Waals surface area contributed by atoms with Crippen LogP contribution in [0.1, 0.15) is 32.6 Å². The Labute approximate surface area is 83.7 Å². The van der Waals surface area contributed by atoms with Crippen LogP contribution in [0.5, 0.6) is 0 Å². The summed E-state index contributed by atoms with van der Waals surface area (Å²) in [5.74, 6) is -1.14. The third kappa shape index (κ3) is 2.72. The maximum atomic E-state index is 11.5. The van der Waals surface area contributed by atoms with Gasteiger partial charge in [-0.25, -0.2) is 0 Å². The summed E-state index contributed by atoms with van der Waals surface area (Å²) in [6.07, 6.45) is 2.78. The molecule has 0 aliphatic heterocycles. The van der Waals surface area contributed by atoms with E-state index in [4.69, 9.17) is 5.11 Å². The van der Waals surface area contributed by atoms with E-state index in [0.29, 0.717) is 25.8 Å². The molecule has 1 aliphatic carbocycles. The zero-order chi connectivity index (χ0) is 10.6. The molecule has 1 amide bonds. The second-order valence-corrected chi connectivity index (χ2v) is 3.84.